The normalized spacial score (nSPS) is 18.9. The fourth-order valence-electron chi connectivity index (χ4n) is 4.02. The minimum absolute atomic E-state index is 0.0259. The molecule has 0 saturated carbocycles. The van der Waals surface area contributed by atoms with Gasteiger partial charge in [0, 0.05) is 24.7 Å². The van der Waals surface area contributed by atoms with Gasteiger partial charge >= 0.3 is 0 Å². The molecule has 0 spiro atoms. The zero-order valence-electron chi connectivity index (χ0n) is 17.9. The standard InChI is InChI=1S/C24H28ClFN2O4/c25-21-15-20(5-6-22(21)26)31-16-24(30)9-13-28(14-10-24)23(29)17-1-3-18(4-2-17)32-19-7-11-27-12-8-19/h1-6,15,19,27,30H,7-14,16H2. The maximum Gasteiger partial charge on any atom is 0.253 e. The van der Waals surface area contributed by atoms with Crippen molar-refractivity contribution in [2.45, 2.75) is 37.4 Å². The van der Waals surface area contributed by atoms with Gasteiger partial charge in [0.15, 0.2) is 0 Å². The van der Waals surface area contributed by atoms with Gasteiger partial charge in [0.2, 0.25) is 0 Å². The number of carbonyl (C=O) groups excluding carboxylic acids is 1. The van der Waals surface area contributed by atoms with Gasteiger partial charge in [-0.05, 0) is 75.2 Å². The van der Waals surface area contributed by atoms with Crippen molar-refractivity contribution in [3.8, 4) is 11.5 Å². The van der Waals surface area contributed by atoms with E-state index in [2.05, 4.69) is 5.32 Å². The Morgan fingerprint density at radius 3 is 2.44 bits per heavy atom. The van der Waals surface area contributed by atoms with Crippen LogP contribution in [0, 0.1) is 5.82 Å². The number of piperidine rings is 2. The van der Waals surface area contributed by atoms with E-state index in [1.54, 1.807) is 17.0 Å². The van der Waals surface area contributed by atoms with Crippen molar-refractivity contribution in [2.24, 2.45) is 0 Å². The molecule has 2 aliphatic rings. The van der Waals surface area contributed by atoms with Gasteiger partial charge in [0.1, 0.15) is 35.6 Å². The maximum absolute atomic E-state index is 13.3. The number of nitrogens with one attached hydrogen (secondary N) is 1. The number of hydrogen-bond acceptors (Lipinski definition) is 5. The number of rotatable bonds is 6. The number of carbonyl (C=O) groups is 1. The van der Waals surface area contributed by atoms with Crippen LogP contribution in [-0.4, -0.2) is 60.4 Å². The first kappa shape index (κ1) is 22.8. The number of benzene rings is 2. The first-order chi connectivity index (χ1) is 15.4. The summed E-state index contributed by atoms with van der Waals surface area (Å²) >= 11 is 5.77. The van der Waals surface area contributed by atoms with Gasteiger partial charge < -0.3 is 24.8 Å². The molecule has 2 saturated heterocycles. The molecule has 0 bridgehead atoms. The highest BCUT2D eigenvalue weighted by atomic mass is 35.5. The quantitative estimate of drug-likeness (QED) is 0.685. The third kappa shape index (κ3) is 5.71. The summed E-state index contributed by atoms with van der Waals surface area (Å²) in [4.78, 5) is 14.6. The van der Waals surface area contributed by atoms with Crippen LogP contribution in [0.2, 0.25) is 5.02 Å². The zero-order chi connectivity index (χ0) is 22.6. The second-order valence-corrected chi connectivity index (χ2v) is 8.88. The van der Waals surface area contributed by atoms with Gasteiger partial charge in [-0.1, -0.05) is 11.6 Å². The molecule has 0 aromatic heterocycles. The SMILES string of the molecule is O=C(c1ccc(OC2CCNCC2)cc1)N1CCC(O)(COc2ccc(F)c(Cl)c2)CC1. The largest absolute Gasteiger partial charge is 0.491 e. The summed E-state index contributed by atoms with van der Waals surface area (Å²) in [5.74, 6) is 0.594. The molecule has 0 aliphatic carbocycles. The highest BCUT2D eigenvalue weighted by Gasteiger charge is 2.35. The number of likely N-dealkylation sites (tertiary alicyclic amines) is 1. The van der Waals surface area contributed by atoms with Crippen molar-refractivity contribution < 1.29 is 23.8 Å². The van der Waals surface area contributed by atoms with E-state index < -0.39 is 11.4 Å². The van der Waals surface area contributed by atoms with Gasteiger partial charge in [0.25, 0.3) is 5.91 Å². The van der Waals surface area contributed by atoms with Crippen LogP contribution in [0.5, 0.6) is 11.5 Å². The number of nitrogens with zero attached hydrogens (tertiary/aromatic N) is 1. The number of ether oxygens (including phenoxy) is 2. The molecular weight excluding hydrogens is 435 g/mol. The Balaban J connectivity index is 1.27. The number of aliphatic hydroxyl groups is 1. The Bertz CT molecular complexity index is 926. The van der Waals surface area contributed by atoms with Gasteiger partial charge in [-0.25, -0.2) is 4.39 Å². The molecule has 1 amide bonds. The lowest BCUT2D eigenvalue weighted by Gasteiger charge is -2.38. The molecule has 0 radical (unpaired) electrons. The number of hydrogen-bond donors (Lipinski definition) is 2. The van der Waals surface area contributed by atoms with Crippen molar-refractivity contribution in [3.05, 3.63) is 58.9 Å². The van der Waals surface area contributed by atoms with Crippen molar-refractivity contribution in [1.29, 1.82) is 0 Å². The van der Waals surface area contributed by atoms with Gasteiger partial charge in [-0.3, -0.25) is 4.79 Å². The Labute approximate surface area is 192 Å². The van der Waals surface area contributed by atoms with Crippen LogP contribution < -0.4 is 14.8 Å². The van der Waals surface area contributed by atoms with E-state index in [4.69, 9.17) is 21.1 Å². The smallest absolute Gasteiger partial charge is 0.253 e. The summed E-state index contributed by atoms with van der Waals surface area (Å²) in [6, 6.07) is 11.4. The Morgan fingerprint density at radius 2 is 1.78 bits per heavy atom. The first-order valence-electron chi connectivity index (χ1n) is 11.0. The van der Waals surface area contributed by atoms with E-state index in [1.165, 1.54) is 18.2 Å². The molecule has 2 heterocycles. The van der Waals surface area contributed by atoms with E-state index in [1.807, 2.05) is 12.1 Å². The van der Waals surface area contributed by atoms with Crippen LogP contribution >= 0.6 is 11.6 Å². The fourth-order valence-corrected chi connectivity index (χ4v) is 4.19. The van der Waals surface area contributed by atoms with Crippen LogP contribution in [0.1, 0.15) is 36.0 Å². The molecule has 6 nitrogen and oxygen atoms in total. The summed E-state index contributed by atoms with van der Waals surface area (Å²) < 4.78 is 24.9. The van der Waals surface area contributed by atoms with Crippen LogP contribution in [-0.2, 0) is 0 Å². The molecule has 2 fully saturated rings. The van der Waals surface area contributed by atoms with Crippen LogP contribution in [0.4, 0.5) is 4.39 Å². The molecule has 32 heavy (non-hydrogen) atoms. The summed E-state index contributed by atoms with van der Waals surface area (Å²) in [5, 5.41) is 14.1. The molecule has 4 rings (SSSR count). The van der Waals surface area contributed by atoms with E-state index in [0.717, 1.165) is 31.7 Å². The second-order valence-electron chi connectivity index (χ2n) is 8.47. The molecule has 2 aromatic carbocycles. The Kier molecular flexibility index (Phi) is 7.18. The lowest BCUT2D eigenvalue weighted by molar-refractivity contribution is -0.0475. The van der Waals surface area contributed by atoms with Crippen LogP contribution in [0.3, 0.4) is 0 Å². The molecule has 0 unspecified atom stereocenters. The third-order valence-corrected chi connectivity index (χ3v) is 6.36. The van der Waals surface area contributed by atoms with E-state index in [9.17, 15) is 14.3 Å². The topological polar surface area (TPSA) is 71.0 Å². The van der Waals surface area contributed by atoms with Crippen molar-refractivity contribution in [3.63, 3.8) is 0 Å². The molecule has 2 aromatic rings. The summed E-state index contributed by atoms with van der Waals surface area (Å²) in [6.45, 7) is 2.84. The van der Waals surface area contributed by atoms with Gasteiger partial charge in [-0.15, -0.1) is 0 Å². The molecule has 0 atom stereocenters. The number of halogens is 2. The van der Waals surface area contributed by atoms with Crippen LogP contribution in [0.25, 0.3) is 0 Å². The summed E-state index contributed by atoms with van der Waals surface area (Å²) in [6.07, 6.45) is 2.96. The minimum atomic E-state index is -1.05. The predicted octanol–water partition coefficient (Wildman–Crippen LogP) is 3.66. The predicted molar refractivity (Wildman–Crippen MR) is 120 cm³/mol. The molecule has 2 aliphatic heterocycles. The van der Waals surface area contributed by atoms with E-state index >= 15 is 0 Å². The number of amides is 1. The summed E-state index contributed by atoms with van der Waals surface area (Å²) in [5.41, 5.74) is -0.449. The Hall–Kier alpha value is -2.35. The van der Waals surface area contributed by atoms with Crippen molar-refractivity contribution in [1.82, 2.24) is 10.2 Å². The maximum atomic E-state index is 13.3. The van der Waals surface area contributed by atoms with E-state index in [-0.39, 0.29) is 23.6 Å². The molecular formula is C24H28ClFN2O4. The lowest BCUT2D eigenvalue weighted by Crippen LogP contribution is -2.49. The Morgan fingerprint density at radius 1 is 1.12 bits per heavy atom. The minimum Gasteiger partial charge on any atom is -0.491 e. The average Bonchev–Trinajstić information content (AvgIpc) is 2.81. The van der Waals surface area contributed by atoms with Gasteiger partial charge in [0.05, 0.1) is 5.02 Å². The zero-order valence-corrected chi connectivity index (χ0v) is 18.6. The fraction of sp³-hybridized carbons (Fsp3) is 0.458. The molecule has 8 heteroatoms. The van der Waals surface area contributed by atoms with Crippen LogP contribution in [0.15, 0.2) is 42.5 Å². The van der Waals surface area contributed by atoms with Gasteiger partial charge in [-0.2, -0.15) is 0 Å². The third-order valence-electron chi connectivity index (χ3n) is 6.07. The van der Waals surface area contributed by atoms with E-state index in [0.29, 0.717) is 37.2 Å². The second kappa shape index (κ2) is 10.1. The highest BCUT2D eigenvalue weighted by molar-refractivity contribution is 6.30. The highest BCUT2D eigenvalue weighted by Crippen LogP contribution is 2.27. The average molecular weight is 463 g/mol. The first-order valence-corrected chi connectivity index (χ1v) is 11.4. The molecule has 2 N–H and O–H groups in total. The van der Waals surface area contributed by atoms with Crippen molar-refractivity contribution in [2.75, 3.05) is 32.8 Å². The van der Waals surface area contributed by atoms with Crippen molar-refractivity contribution >= 4 is 17.5 Å². The lowest BCUT2D eigenvalue weighted by atomic mass is 9.92. The molecule has 172 valence electrons. The summed E-state index contributed by atoms with van der Waals surface area (Å²) in [7, 11) is 0. The monoisotopic (exact) mass is 462 g/mol.